The summed E-state index contributed by atoms with van der Waals surface area (Å²) in [5.74, 6) is 0.695. The van der Waals surface area contributed by atoms with E-state index in [0.29, 0.717) is 18.8 Å². The number of hydrogen-bond acceptors (Lipinski definition) is 5. The van der Waals surface area contributed by atoms with E-state index in [-0.39, 0.29) is 12.6 Å². The van der Waals surface area contributed by atoms with Crippen LogP contribution >= 0.6 is 0 Å². The maximum Gasteiger partial charge on any atom is 0.146 e. The summed E-state index contributed by atoms with van der Waals surface area (Å²) in [4.78, 5) is 15.0. The smallest absolute Gasteiger partial charge is 0.146 e. The lowest BCUT2D eigenvalue weighted by Gasteiger charge is -2.18. The first kappa shape index (κ1) is 11.6. The van der Waals surface area contributed by atoms with E-state index >= 15 is 0 Å². The van der Waals surface area contributed by atoms with Gasteiger partial charge in [-0.15, -0.1) is 0 Å². The lowest BCUT2D eigenvalue weighted by molar-refractivity contribution is -0.109. The number of aliphatic hydroxyl groups excluding tert-OH is 1. The van der Waals surface area contributed by atoms with Crippen molar-refractivity contribution in [2.45, 2.75) is 12.5 Å². The average molecular weight is 234 g/mol. The first-order valence-corrected chi connectivity index (χ1v) is 5.46. The molecule has 0 spiro atoms. The number of carbonyl (C=O) groups excluding carboxylic acids is 1. The van der Waals surface area contributed by atoms with E-state index in [2.05, 4.69) is 10.3 Å². The topological polar surface area (TPSA) is 70.9 Å². The quantitative estimate of drug-likeness (QED) is 0.588. The van der Waals surface area contributed by atoms with Gasteiger partial charge in [-0.3, -0.25) is 0 Å². The summed E-state index contributed by atoms with van der Waals surface area (Å²) in [7, 11) is 0. The molecule has 5 nitrogen and oxygen atoms in total. The van der Waals surface area contributed by atoms with Gasteiger partial charge in [-0.2, -0.15) is 0 Å². The zero-order chi connectivity index (χ0) is 12.1. The zero-order valence-corrected chi connectivity index (χ0v) is 9.30. The highest BCUT2D eigenvalue weighted by atomic mass is 16.5. The molecule has 1 aliphatic heterocycles. The van der Waals surface area contributed by atoms with Crippen molar-refractivity contribution >= 4 is 18.3 Å². The molecule has 1 heterocycles. The van der Waals surface area contributed by atoms with E-state index in [1.165, 1.54) is 6.34 Å². The lowest BCUT2D eigenvalue weighted by atomic mass is 10.0. The van der Waals surface area contributed by atoms with Crippen LogP contribution in [0.3, 0.4) is 0 Å². The van der Waals surface area contributed by atoms with Gasteiger partial charge in [0.15, 0.2) is 0 Å². The molecule has 0 saturated carbocycles. The normalized spacial score (nSPS) is 17.1. The highest BCUT2D eigenvalue weighted by Gasteiger charge is 2.16. The Hall–Kier alpha value is -1.88. The van der Waals surface area contributed by atoms with Gasteiger partial charge in [-0.1, -0.05) is 6.07 Å². The number of aldehydes is 1. The summed E-state index contributed by atoms with van der Waals surface area (Å²) in [5, 5.41) is 11.5. The van der Waals surface area contributed by atoms with Gasteiger partial charge in [0, 0.05) is 24.7 Å². The minimum absolute atomic E-state index is 0.111. The van der Waals surface area contributed by atoms with E-state index < -0.39 is 0 Å². The Balaban J connectivity index is 2.14. The van der Waals surface area contributed by atoms with Gasteiger partial charge >= 0.3 is 0 Å². The fraction of sp³-hybridized carbons (Fsp3) is 0.333. The molecule has 0 aliphatic carbocycles. The summed E-state index contributed by atoms with van der Waals surface area (Å²) < 4.78 is 5.44. The first-order valence-electron chi connectivity index (χ1n) is 5.46. The molecule has 2 N–H and O–H groups in total. The highest BCUT2D eigenvalue weighted by Crippen LogP contribution is 2.30. The summed E-state index contributed by atoms with van der Waals surface area (Å²) in [5.41, 5.74) is 1.58. The van der Waals surface area contributed by atoms with Gasteiger partial charge in [-0.25, -0.2) is 4.99 Å². The number of aliphatic imine (C=N–C) groups is 1. The number of nitrogens with one attached hydrogen (secondary N) is 1. The molecule has 0 bridgehead atoms. The molecule has 0 fully saturated rings. The van der Waals surface area contributed by atoms with Crippen LogP contribution in [-0.2, 0) is 4.79 Å². The number of fused-ring (bicyclic) bond motifs is 1. The maximum atomic E-state index is 10.8. The molecule has 1 unspecified atom stereocenters. The van der Waals surface area contributed by atoms with Crippen LogP contribution in [0.1, 0.15) is 18.0 Å². The number of benzene rings is 1. The van der Waals surface area contributed by atoms with Crippen LogP contribution < -0.4 is 10.1 Å². The Morgan fingerprint density at radius 1 is 1.53 bits per heavy atom. The Kier molecular flexibility index (Phi) is 3.72. The fourth-order valence-electron chi connectivity index (χ4n) is 1.63. The Labute approximate surface area is 99.1 Å². The Morgan fingerprint density at radius 2 is 2.41 bits per heavy atom. The molecule has 1 aromatic rings. The predicted molar refractivity (Wildman–Crippen MR) is 63.7 cm³/mol. The largest absolute Gasteiger partial charge is 0.493 e. The molecule has 0 aromatic heterocycles. The van der Waals surface area contributed by atoms with Crippen molar-refractivity contribution in [2.75, 3.05) is 13.2 Å². The van der Waals surface area contributed by atoms with Gasteiger partial charge in [0.2, 0.25) is 0 Å². The SMILES string of the molecule is O=CC1NC=Nc2cc(OCCCO)ccc21. The Bertz CT molecular complexity index is 432. The van der Waals surface area contributed by atoms with E-state index in [1.807, 2.05) is 6.07 Å². The van der Waals surface area contributed by atoms with Crippen LogP contribution in [-0.4, -0.2) is 30.9 Å². The second-order valence-electron chi connectivity index (χ2n) is 3.68. The van der Waals surface area contributed by atoms with Crippen LogP contribution in [0, 0.1) is 0 Å². The summed E-state index contributed by atoms with van der Waals surface area (Å²) in [6.07, 6.45) is 2.95. The van der Waals surface area contributed by atoms with Crippen molar-refractivity contribution in [1.82, 2.24) is 5.32 Å². The summed E-state index contributed by atoms with van der Waals surface area (Å²) in [6.45, 7) is 0.578. The van der Waals surface area contributed by atoms with E-state index in [4.69, 9.17) is 9.84 Å². The first-order chi connectivity index (χ1) is 8.35. The molecule has 1 atom stereocenters. The average Bonchev–Trinajstić information content (AvgIpc) is 2.38. The lowest BCUT2D eigenvalue weighted by Crippen LogP contribution is -2.23. The second-order valence-corrected chi connectivity index (χ2v) is 3.68. The van der Waals surface area contributed by atoms with Gasteiger partial charge < -0.3 is 20.0 Å². The standard InChI is InChI=1S/C12H14N2O3/c15-4-1-5-17-9-2-3-10-11(6-9)13-8-14-12(10)7-16/h2-3,6-8,12,15H,1,4-5H2,(H,13,14). The van der Waals surface area contributed by atoms with Crippen LogP contribution in [0.5, 0.6) is 5.75 Å². The third-order valence-corrected chi connectivity index (χ3v) is 2.50. The monoisotopic (exact) mass is 234 g/mol. The summed E-state index contributed by atoms with van der Waals surface area (Å²) >= 11 is 0. The fourth-order valence-corrected chi connectivity index (χ4v) is 1.63. The van der Waals surface area contributed by atoms with Crippen LogP contribution in [0.25, 0.3) is 0 Å². The van der Waals surface area contributed by atoms with Gasteiger partial charge in [-0.05, 0) is 6.07 Å². The molecular weight excluding hydrogens is 220 g/mol. The maximum absolute atomic E-state index is 10.8. The van der Waals surface area contributed by atoms with E-state index in [0.717, 1.165) is 17.5 Å². The van der Waals surface area contributed by atoms with Crippen molar-refractivity contribution < 1.29 is 14.6 Å². The van der Waals surface area contributed by atoms with Crippen LogP contribution in [0.2, 0.25) is 0 Å². The van der Waals surface area contributed by atoms with Gasteiger partial charge in [0.1, 0.15) is 18.1 Å². The van der Waals surface area contributed by atoms with Crippen molar-refractivity contribution in [3.05, 3.63) is 23.8 Å². The zero-order valence-electron chi connectivity index (χ0n) is 9.30. The molecule has 0 radical (unpaired) electrons. The summed E-state index contributed by atoms with van der Waals surface area (Å²) in [6, 6.07) is 5.08. The molecule has 0 amide bonds. The number of hydrogen-bond donors (Lipinski definition) is 2. The number of ether oxygens (including phenoxy) is 1. The van der Waals surface area contributed by atoms with Crippen LogP contribution in [0.15, 0.2) is 23.2 Å². The molecule has 17 heavy (non-hydrogen) atoms. The van der Waals surface area contributed by atoms with Crippen molar-refractivity contribution in [3.8, 4) is 5.75 Å². The third-order valence-electron chi connectivity index (χ3n) is 2.50. The number of aliphatic hydroxyl groups is 1. The third kappa shape index (κ3) is 2.62. The second kappa shape index (κ2) is 5.45. The van der Waals surface area contributed by atoms with Crippen LogP contribution in [0.4, 0.5) is 5.69 Å². The van der Waals surface area contributed by atoms with Crippen molar-refractivity contribution in [1.29, 1.82) is 0 Å². The minimum Gasteiger partial charge on any atom is -0.493 e. The Morgan fingerprint density at radius 3 is 3.18 bits per heavy atom. The van der Waals surface area contributed by atoms with E-state index in [9.17, 15) is 4.79 Å². The highest BCUT2D eigenvalue weighted by molar-refractivity contribution is 5.77. The molecular formula is C12H14N2O3. The number of carbonyl (C=O) groups is 1. The van der Waals surface area contributed by atoms with Crippen molar-refractivity contribution in [2.24, 2.45) is 4.99 Å². The van der Waals surface area contributed by atoms with E-state index in [1.54, 1.807) is 12.1 Å². The van der Waals surface area contributed by atoms with Gasteiger partial charge in [0.05, 0.1) is 18.6 Å². The minimum atomic E-state index is -0.339. The molecule has 2 rings (SSSR count). The molecule has 5 heteroatoms. The molecule has 1 aliphatic rings. The predicted octanol–water partition coefficient (Wildman–Crippen LogP) is 0.951. The molecule has 1 aromatic carbocycles. The van der Waals surface area contributed by atoms with Gasteiger partial charge in [0.25, 0.3) is 0 Å². The molecule has 90 valence electrons. The molecule has 0 saturated heterocycles. The number of rotatable bonds is 5. The number of nitrogens with zero attached hydrogens (tertiary/aromatic N) is 1. The van der Waals surface area contributed by atoms with Crippen molar-refractivity contribution in [3.63, 3.8) is 0 Å².